The Morgan fingerprint density at radius 2 is 1.96 bits per heavy atom. The van der Waals surface area contributed by atoms with Gasteiger partial charge in [0.25, 0.3) is 11.5 Å². The molecule has 8 heteroatoms. The second-order valence-electron chi connectivity index (χ2n) is 6.06. The van der Waals surface area contributed by atoms with Gasteiger partial charge in [-0.3, -0.25) is 14.2 Å². The minimum absolute atomic E-state index is 0.208. The molecule has 1 heterocycles. The number of benzene rings is 2. The standard InChI is InChI=1S/C18H17ClN4O2S/c1-22(2)15-7-5-11(19)9-14(15)20-16(24)10-4-6-12-13(8-10)21-18(26)23(3)17(12)25/h4-9H,1-3H3,(H,20,24)(H,21,26). The Labute approximate surface area is 160 Å². The first kappa shape index (κ1) is 18.2. The van der Waals surface area contributed by atoms with Crippen LogP contribution in [0.4, 0.5) is 11.4 Å². The molecule has 0 saturated heterocycles. The van der Waals surface area contributed by atoms with E-state index in [2.05, 4.69) is 10.3 Å². The number of hydrogen-bond acceptors (Lipinski definition) is 4. The van der Waals surface area contributed by atoms with Crippen molar-refractivity contribution in [3.63, 3.8) is 0 Å². The molecule has 3 aromatic rings. The summed E-state index contributed by atoms with van der Waals surface area (Å²) in [5, 5.41) is 3.86. The maximum atomic E-state index is 12.7. The van der Waals surface area contributed by atoms with Gasteiger partial charge in [-0.2, -0.15) is 0 Å². The van der Waals surface area contributed by atoms with Crippen molar-refractivity contribution in [2.75, 3.05) is 24.3 Å². The summed E-state index contributed by atoms with van der Waals surface area (Å²) in [5.41, 5.74) is 2.15. The Bertz CT molecular complexity index is 1130. The number of halogens is 1. The summed E-state index contributed by atoms with van der Waals surface area (Å²) in [4.78, 5) is 29.8. The zero-order valence-corrected chi connectivity index (χ0v) is 16.0. The van der Waals surface area contributed by atoms with E-state index in [9.17, 15) is 9.59 Å². The molecule has 2 aromatic carbocycles. The van der Waals surface area contributed by atoms with Crippen LogP contribution >= 0.6 is 23.8 Å². The number of fused-ring (bicyclic) bond motifs is 1. The summed E-state index contributed by atoms with van der Waals surface area (Å²) in [6.07, 6.45) is 0. The molecule has 1 aromatic heterocycles. The molecule has 0 aliphatic carbocycles. The van der Waals surface area contributed by atoms with Crippen LogP contribution in [-0.4, -0.2) is 29.6 Å². The first-order valence-corrected chi connectivity index (χ1v) is 8.58. The van der Waals surface area contributed by atoms with Crippen LogP contribution < -0.4 is 15.8 Å². The maximum absolute atomic E-state index is 12.7. The molecule has 26 heavy (non-hydrogen) atoms. The van der Waals surface area contributed by atoms with Crippen LogP contribution in [0.15, 0.2) is 41.2 Å². The van der Waals surface area contributed by atoms with Crippen molar-refractivity contribution < 1.29 is 4.79 Å². The van der Waals surface area contributed by atoms with Crippen LogP contribution in [0.25, 0.3) is 10.9 Å². The molecule has 0 saturated carbocycles. The van der Waals surface area contributed by atoms with Gasteiger partial charge in [-0.15, -0.1) is 0 Å². The van der Waals surface area contributed by atoms with Crippen molar-refractivity contribution in [2.24, 2.45) is 7.05 Å². The molecule has 2 N–H and O–H groups in total. The largest absolute Gasteiger partial charge is 0.376 e. The summed E-state index contributed by atoms with van der Waals surface area (Å²) in [6.45, 7) is 0. The van der Waals surface area contributed by atoms with Crippen LogP contribution in [0.5, 0.6) is 0 Å². The number of aromatic nitrogens is 2. The Morgan fingerprint density at radius 1 is 1.23 bits per heavy atom. The van der Waals surface area contributed by atoms with Gasteiger partial charge >= 0.3 is 0 Å². The zero-order valence-electron chi connectivity index (χ0n) is 14.5. The number of rotatable bonds is 3. The predicted molar refractivity (Wildman–Crippen MR) is 108 cm³/mol. The van der Waals surface area contributed by atoms with E-state index in [0.717, 1.165) is 5.69 Å². The quantitative estimate of drug-likeness (QED) is 0.673. The lowest BCUT2D eigenvalue weighted by molar-refractivity contribution is 0.102. The maximum Gasteiger partial charge on any atom is 0.261 e. The van der Waals surface area contributed by atoms with Gasteiger partial charge in [0.05, 0.1) is 22.3 Å². The van der Waals surface area contributed by atoms with Gasteiger partial charge in [-0.25, -0.2) is 0 Å². The van der Waals surface area contributed by atoms with Crippen molar-refractivity contribution in [2.45, 2.75) is 0 Å². The molecule has 0 aliphatic heterocycles. The number of amides is 1. The number of anilines is 2. The Balaban J connectivity index is 2.01. The molecule has 0 spiro atoms. The highest BCUT2D eigenvalue weighted by Crippen LogP contribution is 2.28. The van der Waals surface area contributed by atoms with Gasteiger partial charge in [-0.1, -0.05) is 11.6 Å². The second-order valence-corrected chi connectivity index (χ2v) is 6.89. The van der Waals surface area contributed by atoms with Crippen LogP contribution in [0.3, 0.4) is 0 Å². The van der Waals surface area contributed by atoms with Crippen molar-refractivity contribution in [3.8, 4) is 0 Å². The molecule has 6 nitrogen and oxygen atoms in total. The smallest absolute Gasteiger partial charge is 0.261 e. The van der Waals surface area contributed by atoms with Crippen LogP contribution in [0.1, 0.15) is 10.4 Å². The molecule has 0 radical (unpaired) electrons. The van der Waals surface area contributed by atoms with Crippen molar-refractivity contribution in [1.82, 2.24) is 9.55 Å². The van der Waals surface area contributed by atoms with Crippen LogP contribution in [0.2, 0.25) is 5.02 Å². The van der Waals surface area contributed by atoms with E-state index in [1.54, 1.807) is 37.4 Å². The third-order valence-electron chi connectivity index (χ3n) is 4.05. The monoisotopic (exact) mass is 388 g/mol. The second kappa shape index (κ2) is 6.93. The minimum Gasteiger partial charge on any atom is -0.376 e. The normalized spacial score (nSPS) is 10.8. The Hall–Kier alpha value is -2.64. The molecule has 3 rings (SSSR count). The van der Waals surface area contributed by atoms with Gasteiger partial charge in [0, 0.05) is 31.7 Å². The van der Waals surface area contributed by atoms with E-state index < -0.39 is 0 Å². The lowest BCUT2D eigenvalue weighted by Gasteiger charge is -2.18. The van der Waals surface area contributed by atoms with Crippen molar-refractivity contribution >= 4 is 52.0 Å². The average molecular weight is 389 g/mol. The Kier molecular flexibility index (Phi) is 4.84. The SMILES string of the molecule is CN(C)c1ccc(Cl)cc1NC(=O)c1ccc2c(=O)n(C)c(=S)[nH]c2c1. The molecule has 134 valence electrons. The van der Waals surface area contributed by atoms with Gasteiger partial charge in [0.2, 0.25) is 0 Å². The summed E-state index contributed by atoms with van der Waals surface area (Å²) in [5.74, 6) is -0.308. The summed E-state index contributed by atoms with van der Waals surface area (Å²) >= 11 is 11.2. The van der Waals surface area contributed by atoms with E-state index in [0.29, 0.717) is 31.9 Å². The first-order chi connectivity index (χ1) is 12.3. The molecule has 0 atom stereocenters. The summed E-state index contributed by atoms with van der Waals surface area (Å²) < 4.78 is 1.65. The minimum atomic E-state index is -0.308. The van der Waals surface area contributed by atoms with E-state index in [4.69, 9.17) is 23.8 Å². The van der Waals surface area contributed by atoms with E-state index in [1.165, 1.54) is 4.57 Å². The van der Waals surface area contributed by atoms with Crippen LogP contribution in [-0.2, 0) is 7.05 Å². The molecule has 1 amide bonds. The highest BCUT2D eigenvalue weighted by Gasteiger charge is 2.13. The topological polar surface area (TPSA) is 70.1 Å². The number of aromatic amines is 1. The summed E-state index contributed by atoms with van der Waals surface area (Å²) in [7, 11) is 5.36. The van der Waals surface area contributed by atoms with E-state index >= 15 is 0 Å². The van der Waals surface area contributed by atoms with Gasteiger partial charge in [0.1, 0.15) is 0 Å². The highest BCUT2D eigenvalue weighted by molar-refractivity contribution is 7.71. The van der Waals surface area contributed by atoms with Gasteiger partial charge in [0.15, 0.2) is 4.77 Å². The number of carbonyl (C=O) groups is 1. The third-order valence-corrected chi connectivity index (χ3v) is 4.66. The number of nitrogens with one attached hydrogen (secondary N) is 2. The molecule has 0 fully saturated rings. The third kappa shape index (κ3) is 3.36. The van der Waals surface area contributed by atoms with Gasteiger partial charge in [-0.05, 0) is 48.6 Å². The van der Waals surface area contributed by atoms with Crippen molar-refractivity contribution in [1.29, 1.82) is 0 Å². The fourth-order valence-electron chi connectivity index (χ4n) is 2.64. The Morgan fingerprint density at radius 3 is 2.65 bits per heavy atom. The zero-order chi connectivity index (χ0) is 19.0. The first-order valence-electron chi connectivity index (χ1n) is 7.79. The fourth-order valence-corrected chi connectivity index (χ4v) is 3.01. The fraction of sp³-hybridized carbons (Fsp3) is 0.167. The molecule has 0 bridgehead atoms. The average Bonchev–Trinajstić information content (AvgIpc) is 2.59. The highest BCUT2D eigenvalue weighted by atomic mass is 35.5. The number of hydrogen-bond donors (Lipinski definition) is 2. The summed E-state index contributed by atoms with van der Waals surface area (Å²) in [6, 6.07) is 10.1. The molecular weight excluding hydrogens is 372 g/mol. The lowest BCUT2D eigenvalue weighted by Crippen LogP contribution is -2.20. The number of carbonyl (C=O) groups excluding carboxylic acids is 1. The van der Waals surface area contributed by atoms with Crippen molar-refractivity contribution in [3.05, 3.63) is 62.1 Å². The molecule has 0 aliphatic rings. The number of H-pyrrole nitrogens is 1. The lowest BCUT2D eigenvalue weighted by atomic mass is 10.1. The predicted octanol–water partition coefficient (Wildman–Crippen LogP) is 3.57. The molecular formula is C18H17ClN4O2S. The van der Waals surface area contributed by atoms with Gasteiger partial charge < -0.3 is 15.2 Å². The van der Waals surface area contributed by atoms with Crippen LogP contribution in [0, 0.1) is 4.77 Å². The number of nitrogens with zero attached hydrogens (tertiary/aromatic N) is 2. The van der Waals surface area contributed by atoms with E-state index in [-0.39, 0.29) is 11.5 Å². The van der Waals surface area contributed by atoms with E-state index in [1.807, 2.05) is 25.1 Å². The molecule has 0 unspecified atom stereocenters.